The number of nitriles is 1. The summed E-state index contributed by atoms with van der Waals surface area (Å²) in [5, 5.41) is 8.95. The molecule has 3 heteroatoms. The van der Waals surface area contributed by atoms with E-state index in [1.807, 2.05) is 43.3 Å². The zero-order valence-electron chi connectivity index (χ0n) is 9.36. The molecular weight excluding hydrogens is 202 g/mol. The van der Waals surface area contributed by atoms with Gasteiger partial charge < -0.3 is 4.74 Å². The summed E-state index contributed by atoms with van der Waals surface area (Å²) in [7, 11) is 0. The molecule has 0 atom stereocenters. The topological polar surface area (TPSA) is 50.1 Å². The Morgan fingerprint density at radius 2 is 2.00 bits per heavy atom. The van der Waals surface area contributed by atoms with Crippen molar-refractivity contribution in [2.45, 2.75) is 13.8 Å². The summed E-state index contributed by atoms with van der Waals surface area (Å²) in [5.74, 6) is 0.0768. The van der Waals surface area contributed by atoms with E-state index in [4.69, 9.17) is 10.00 Å². The SMILES string of the molecule is CCO/C(=C(/C#N)C(C)=O)c1ccccc1. The highest BCUT2D eigenvalue weighted by molar-refractivity contribution is 6.03. The van der Waals surface area contributed by atoms with Gasteiger partial charge in [-0.25, -0.2) is 0 Å². The largest absolute Gasteiger partial charge is 0.492 e. The molecule has 0 radical (unpaired) electrons. The molecular formula is C13H13NO2. The Morgan fingerprint density at radius 1 is 1.38 bits per heavy atom. The second-order valence-corrected chi connectivity index (χ2v) is 3.17. The molecule has 0 aliphatic heterocycles. The average molecular weight is 215 g/mol. The van der Waals surface area contributed by atoms with Crippen molar-refractivity contribution in [2.24, 2.45) is 0 Å². The van der Waals surface area contributed by atoms with Crippen molar-refractivity contribution >= 4 is 11.5 Å². The number of hydrogen-bond acceptors (Lipinski definition) is 3. The Labute approximate surface area is 95.0 Å². The van der Waals surface area contributed by atoms with Gasteiger partial charge in [-0.05, 0) is 6.92 Å². The number of Topliss-reactive ketones (excluding diaryl/α,β-unsaturated/α-hetero) is 1. The average Bonchev–Trinajstić information content (AvgIpc) is 2.29. The number of benzene rings is 1. The fourth-order valence-corrected chi connectivity index (χ4v) is 1.32. The summed E-state index contributed by atoms with van der Waals surface area (Å²) in [6.45, 7) is 3.60. The van der Waals surface area contributed by atoms with Gasteiger partial charge in [0.05, 0.1) is 6.61 Å². The van der Waals surface area contributed by atoms with Crippen LogP contribution >= 0.6 is 0 Å². The predicted molar refractivity (Wildman–Crippen MR) is 61.3 cm³/mol. The molecule has 0 saturated carbocycles. The first-order chi connectivity index (χ1) is 7.70. The summed E-state index contributed by atoms with van der Waals surface area (Å²) in [6, 6.07) is 11.1. The van der Waals surface area contributed by atoms with Crippen LogP contribution in [0, 0.1) is 11.3 Å². The zero-order valence-corrected chi connectivity index (χ0v) is 9.36. The zero-order chi connectivity index (χ0) is 12.0. The molecule has 0 spiro atoms. The lowest BCUT2D eigenvalue weighted by atomic mass is 10.1. The number of rotatable bonds is 4. The lowest BCUT2D eigenvalue weighted by Crippen LogP contribution is -2.02. The maximum Gasteiger partial charge on any atom is 0.174 e. The summed E-state index contributed by atoms with van der Waals surface area (Å²) in [6.07, 6.45) is 0. The van der Waals surface area contributed by atoms with Crippen LogP contribution in [0.2, 0.25) is 0 Å². The highest BCUT2D eigenvalue weighted by Crippen LogP contribution is 2.20. The van der Waals surface area contributed by atoms with E-state index < -0.39 is 0 Å². The van der Waals surface area contributed by atoms with E-state index in [1.165, 1.54) is 6.92 Å². The molecule has 0 unspecified atom stereocenters. The fraction of sp³-hybridized carbons (Fsp3) is 0.231. The van der Waals surface area contributed by atoms with Gasteiger partial charge in [-0.2, -0.15) is 5.26 Å². The molecule has 1 aromatic carbocycles. The molecule has 0 bridgehead atoms. The second-order valence-electron chi connectivity index (χ2n) is 3.17. The molecule has 3 nitrogen and oxygen atoms in total. The van der Waals surface area contributed by atoms with Crippen LogP contribution in [-0.4, -0.2) is 12.4 Å². The van der Waals surface area contributed by atoms with Gasteiger partial charge >= 0.3 is 0 Å². The van der Waals surface area contributed by atoms with E-state index in [1.54, 1.807) is 0 Å². The number of carbonyl (C=O) groups is 1. The standard InChI is InChI=1S/C13H13NO2/c1-3-16-13(12(9-14)10(2)15)11-7-5-4-6-8-11/h4-8H,3H2,1-2H3/b13-12-. The Balaban J connectivity index is 3.29. The summed E-state index contributed by atoms with van der Waals surface area (Å²) in [5.41, 5.74) is 0.809. The van der Waals surface area contributed by atoms with Gasteiger partial charge in [-0.1, -0.05) is 30.3 Å². The van der Waals surface area contributed by atoms with Gasteiger partial charge in [0.25, 0.3) is 0 Å². The first-order valence-corrected chi connectivity index (χ1v) is 5.04. The van der Waals surface area contributed by atoms with Crippen molar-refractivity contribution in [2.75, 3.05) is 6.61 Å². The van der Waals surface area contributed by atoms with Crippen LogP contribution in [0.15, 0.2) is 35.9 Å². The fourth-order valence-electron chi connectivity index (χ4n) is 1.32. The molecule has 1 rings (SSSR count). The van der Waals surface area contributed by atoms with Gasteiger partial charge in [0, 0.05) is 12.5 Å². The third kappa shape index (κ3) is 2.71. The van der Waals surface area contributed by atoms with Crippen molar-refractivity contribution in [3.8, 4) is 6.07 Å². The minimum atomic E-state index is -0.283. The van der Waals surface area contributed by atoms with Crippen LogP contribution in [0.3, 0.4) is 0 Å². The Bertz CT molecular complexity index is 441. The molecule has 0 amide bonds. The number of ether oxygens (including phenoxy) is 1. The van der Waals surface area contributed by atoms with Crippen LogP contribution in [-0.2, 0) is 9.53 Å². The molecule has 1 aromatic rings. The molecule has 0 saturated heterocycles. The third-order valence-electron chi connectivity index (χ3n) is 2.02. The van der Waals surface area contributed by atoms with E-state index in [-0.39, 0.29) is 11.4 Å². The normalized spacial score (nSPS) is 11.3. The molecule has 0 heterocycles. The number of nitrogens with zero attached hydrogens (tertiary/aromatic N) is 1. The second kappa shape index (κ2) is 5.72. The maximum absolute atomic E-state index is 11.3. The van der Waals surface area contributed by atoms with E-state index in [0.717, 1.165) is 5.56 Å². The number of allylic oxidation sites excluding steroid dienone is 1. The van der Waals surface area contributed by atoms with Gasteiger partial charge in [0.2, 0.25) is 0 Å². The van der Waals surface area contributed by atoms with Crippen LogP contribution in [0.1, 0.15) is 19.4 Å². The van der Waals surface area contributed by atoms with Crippen molar-refractivity contribution in [3.63, 3.8) is 0 Å². The molecule has 0 aliphatic rings. The van der Waals surface area contributed by atoms with Gasteiger partial charge in [0.1, 0.15) is 17.4 Å². The Kier molecular flexibility index (Phi) is 4.28. The smallest absolute Gasteiger partial charge is 0.174 e. The first-order valence-electron chi connectivity index (χ1n) is 5.04. The number of carbonyl (C=O) groups excluding carboxylic acids is 1. The Morgan fingerprint density at radius 3 is 2.44 bits per heavy atom. The first kappa shape index (κ1) is 12.0. The quantitative estimate of drug-likeness (QED) is 0.440. The predicted octanol–water partition coefficient (Wildman–Crippen LogP) is 2.55. The van der Waals surface area contributed by atoms with E-state index in [0.29, 0.717) is 12.4 Å². The molecule has 0 fully saturated rings. The van der Waals surface area contributed by atoms with Crippen LogP contribution < -0.4 is 0 Å². The number of ketones is 1. The molecule has 16 heavy (non-hydrogen) atoms. The van der Waals surface area contributed by atoms with Gasteiger partial charge in [0.15, 0.2) is 5.78 Å². The minimum Gasteiger partial charge on any atom is -0.492 e. The van der Waals surface area contributed by atoms with Crippen molar-refractivity contribution in [1.82, 2.24) is 0 Å². The van der Waals surface area contributed by atoms with Crippen molar-refractivity contribution in [3.05, 3.63) is 41.5 Å². The minimum absolute atomic E-state index is 0.0630. The van der Waals surface area contributed by atoms with Crippen LogP contribution in [0.25, 0.3) is 5.76 Å². The monoisotopic (exact) mass is 215 g/mol. The van der Waals surface area contributed by atoms with E-state index in [2.05, 4.69) is 0 Å². The van der Waals surface area contributed by atoms with Gasteiger partial charge in [-0.15, -0.1) is 0 Å². The molecule has 0 N–H and O–H groups in total. The van der Waals surface area contributed by atoms with E-state index in [9.17, 15) is 4.79 Å². The lowest BCUT2D eigenvalue weighted by molar-refractivity contribution is -0.113. The van der Waals surface area contributed by atoms with Crippen LogP contribution in [0.4, 0.5) is 0 Å². The summed E-state index contributed by atoms with van der Waals surface area (Å²) >= 11 is 0. The maximum atomic E-state index is 11.3. The van der Waals surface area contributed by atoms with Crippen LogP contribution in [0.5, 0.6) is 0 Å². The highest BCUT2D eigenvalue weighted by atomic mass is 16.5. The molecule has 0 aromatic heterocycles. The van der Waals surface area contributed by atoms with Crippen molar-refractivity contribution < 1.29 is 9.53 Å². The van der Waals surface area contributed by atoms with Gasteiger partial charge in [-0.3, -0.25) is 4.79 Å². The highest BCUT2D eigenvalue weighted by Gasteiger charge is 2.14. The lowest BCUT2D eigenvalue weighted by Gasteiger charge is -2.09. The number of hydrogen-bond donors (Lipinski definition) is 0. The van der Waals surface area contributed by atoms with Crippen molar-refractivity contribution in [1.29, 1.82) is 5.26 Å². The summed E-state index contributed by atoms with van der Waals surface area (Å²) in [4.78, 5) is 11.3. The summed E-state index contributed by atoms with van der Waals surface area (Å²) < 4.78 is 5.38. The molecule has 0 aliphatic carbocycles. The van der Waals surface area contributed by atoms with E-state index >= 15 is 0 Å². The molecule has 82 valence electrons. The Hall–Kier alpha value is -2.08. The third-order valence-corrected chi connectivity index (χ3v) is 2.02.